The van der Waals surface area contributed by atoms with Crippen LogP contribution in [-0.2, 0) is 11.2 Å². The van der Waals surface area contributed by atoms with Gasteiger partial charge in [0.15, 0.2) is 0 Å². The molecule has 2 N–H and O–H groups in total. The van der Waals surface area contributed by atoms with Crippen molar-refractivity contribution in [3.63, 3.8) is 0 Å². The van der Waals surface area contributed by atoms with Crippen LogP contribution < -0.4 is 10.5 Å². The van der Waals surface area contributed by atoms with Gasteiger partial charge in [0.05, 0.1) is 13.5 Å². The Morgan fingerprint density at radius 3 is 3.00 bits per heavy atom. The van der Waals surface area contributed by atoms with Crippen molar-refractivity contribution in [1.82, 2.24) is 4.90 Å². The van der Waals surface area contributed by atoms with Gasteiger partial charge in [0.1, 0.15) is 5.75 Å². The molecule has 1 aliphatic heterocycles. The zero-order chi connectivity index (χ0) is 15.4. The van der Waals surface area contributed by atoms with Gasteiger partial charge in [0.2, 0.25) is 5.91 Å². The van der Waals surface area contributed by atoms with Crippen molar-refractivity contribution in [2.45, 2.75) is 32.2 Å². The van der Waals surface area contributed by atoms with E-state index in [0.29, 0.717) is 23.1 Å². The Hall–Kier alpha value is -1.26. The van der Waals surface area contributed by atoms with Gasteiger partial charge in [-0.15, -0.1) is 0 Å². The zero-order valence-electron chi connectivity index (χ0n) is 12.6. The van der Waals surface area contributed by atoms with Gasteiger partial charge in [-0.25, -0.2) is 0 Å². The second kappa shape index (κ2) is 7.14. The van der Waals surface area contributed by atoms with Crippen molar-refractivity contribution in [3.05, 3.63) is 28.8 Å². The summed E-state index contributed by atoms with van der Waals surface area (Å²) in [6.45, 7) is 3.57. The number of carbonyl (C=O) groups excluding carboxylic acids is 1. The average Bonchev–Trinajstić information content (AvgIpc) is 2.47. The van der Waals surface area contributed by atoms with Gasteiger partial charge in [0, 0.05) is 29.7 Å². The molecule has 0 aliphatic carbocycles. The van der Waals surface area contributed by atoms with E-state index in [9.17, 15) is 4.79 Å². The highest BCUT2D eigenvalue weighted by atomic mass is 35.5. The number of amides is 1. The van der Waals surface area contributed by atoms with Crippen molar-refractivity contribution in [3.8, 4) is 5.75 Å². The molecular weight excluding hydrogens is 288 g/mol. The smallest absolute Gasteiger partial charge is 0.227 e. The number of nitrogens with zero attached hydrogens (tertiary/aromatic N) is 1. The van der Waals surface area contributed by atoms with Gasteiger partial charge in [-0.2, -0.15) is 0 Å². The summed E-state index contributed by atoms with van der Waals surface area (Å²) in [7, 11) is 1.60. The molecule has 1 saturated heterocycles. The molecule has 1 heterocycles. The molecule has 1 aromatic carbocycles. The molecule has 5 heteroatoms. The average molecular weight is 311 g/mol. The van der Waals surface area contributed by atoms with Gasteiger partial charge in [0.25, 0.3) is 0 Å². The van der Waals surface area contributed by atoms with Crippen LogP contribution >= 0.6 is 11.6 Å². The Labute approximate surface area is 131 Å². The third-order valence-corrected chi connectivity index (χ3v) is 4.37. The molecule has 116 valence electrons. The van der Waals surface area contributed by atoms with Crippen LogP contribution in [0.4, 0.5) is 0 Å². The maximum atomic E-state index is 12.5. The lowest BCUT2D eigenvalue weighted by molar-refractivity contribution is -0.132. The van der Waals surface area contributed by atoms with Gasteiger partial charge >= 0.3 is 0 Å². The van der Waals surface area contributed by atoms with E-state index in [1.165, 1.54) is 0 Å². The number of piperidine rings is 1. The van der Waals surface area contributed by atoms with E-state index in [1.54, 1.807) is 25.3 Å². The predicted octanol–water partition coefficient (Wildman–Crippen LogP) is 2.48. The Bertz CT molecular complexity index is 505. The van der Waals surface area contributed by atoms with E-state index in [4.69, 9.17) is 22.1 Å². The minimum Gasteiger partial charge on any atom is -0.496 e. The normalized spacial score (nSPS) is 20.2. The summed E-state index contributed by atoms with van der Waals surface area (Å²) >= 11 is 6.01. The summed E-state index contributed by atoms with van der Waals surface area (Å²) in [5.74, 6) is 1.21. The van der Waals surface area contributed by atoms with E-state index >= 15 is 0 Å². The Morgan fingerprint density at radius 2 is 2.33 bits per heavy atom. The van der Waals surface area contributed by atoms with Crippen LogP contribution in [0.1, 0.15) is 25.3 Å². The highest BCUT2D eigenvalue weighted by Gasteiger charge is 2.26. The minimum atomic E-state index is 0.112. The predicted molar refractivity (Wildman–Crippen MR) is 84.7 cm³/mol. The summed E-state index contributed by atoms with van der Waals surface area (Å²) in [5, 5.41) is 0.616. The number of benzene rings is 1. The fourth-order valence-corrected chi connectivity index (χ4v) is 3.02. The van der Waals surface area contributed by atoms with Crippen molar-refractivity contribution in [2.75, 3.05) is 20.2 Å². The molecule has 1 amide bonds. The van der Waals surface area contributed by atoms with Crippen LogP contribution in [-0.4, -0.2) is 37.0 Å². The van der Waals surface area contributed by atoms with E-state index in [-0.39, 0.29) is 11.9 Å². The first-order valence-electron chi connectivity index (χ1n) is 7.37. The van der Waals surface area contributed by atoms with Crippen LogP contribution in [0.2, 0.25) is 5.02 Å². The lowest BCUT2D eigenvalue weighted by Gasteiger charge is -2.34. The molecule has 2 atom stereocenters. The fraction of sp³-hybridized carbons (Fsp3) is 0.562. The summed E-state index contributed by atoms with van der Waals surface area (Å²) in [4.78, 5) is 14.4. The lowest BCUT2D eigenvalue weighted by Crippen LogP contribution is -2.45. The molecule has 0 unspecified atom stereocenters. The summed E-state index contributed by atoms with van der Waals surface area (Å²) in [5.41, 5.74) is 6.80. The third-order valence-electron chi connectivity index (χ3n) is 4.14. The highest BCUT2D eigenvalue weighted by molar-refractivity contribution is 6.30. The maximum absolute atomic E-state index is 12.5. The van der Waals surface area contributed by atoms with E-state index in [0.717, 1.165) is 31.5 Å². The van der Waals surface area contributed by atoms with Crippen molar-refractivity contribution < 1.29 is 9.53 Å². The quantitative estimate of drug-likeness (QED) is 0.929. The summed E-state index contributed by atoms with van der Waals surface area (Å²) in [6.07, 6.45) is 2.43. The molecule has 1 aromatic rings. The van der Waals surface area contributed by atoms with Crippen LogP contribution in [0.3, 0.4) is 0 Å². The zero-order valence-corrected chi connectivity index (χ0v) is 13.4. The molecule has 2 rings (SSSR count). The van der Waals surface area contributed by atoms with Gasteiger partial charge < -0.3 is 15.4 Å². The van der Waals surface area contributed by atoms with E-state index in [2.05, 4.69) is 0 Å². The first-order chi connectivity index (χ1) is 10.0. The number of rotatable bonds is 4. The minimum absolute atomic E-state index is 0.112. The number of methoxy groups -OCH3 is 1. The standard InChI is InChI=1S/C16H23ClN2O2/c1-11(18)12-4-3-7-19(10-12)16(20)9-13-8-14(17)5-6-15(13)21-2/h5-6,8,11-12H,3-4,7,9-10,18H2,1-2H3/t11-,12-/m1/s1. The Kier molecular flexibility index (Phi) is 5.48. The highest BCUT2D eigenvalue weighted by Crippen LogP contribution is 2.25. The largest absolute Gasteiger partial charge is 0.496 e. The number of ether oxygens (including phenoxy) is 1. The molecule has 0 spiro atoms. The summed E-state index contributed by atoms with van der Waals surface area (Å²) < 4.78 is 5.30. The molecule has 4 nitrogen and oxygen atoms in total. The topological polar surface area (TPSA) is 55.6 Å². The molecule has 0 bridgehead atoms. The van der Waals surface area contributed by atoms with Crippen molar-refractivity contribution >= 4 is 17.5 Å². The number of carbonyl (C=O) groups is 1. The summed E-state index contributed by atoms with van der Waals surface area (Å²) in [6, 6.07) is 5.49. The van der Waals surface area contributed by atoms with Crippen LogP contribution in [0.15, 0.2) is 18.2 Å². The number of likely N-dealkylation sites (tertiary alicyclic amines) is 1. The van der Waals surface area contributed by atoms with Crippen molar-refractivity contribution in [1.29, 1.82) is 0 Å². The van der Waals surface area contributed by atoms with Crippen LogP contribution in [0.25, 0.3) is 0 Å². The van der Waals surface area contributed by atoms with E-state index < -0.39 is 0 Å². The first kappa shape index (κ1) is 16.1. The first-order valence-corrected chi connectivity index (χ1v) is 7.75. The molecule has 0 saturated carbocycles. The van der Waals surface area contributed by atoms with Crippen LogP contribution in [0, 0.1) is 5.92 Å². The second-order valence-electron chi connectivity index (χ2n) is 5.73. The number of hydrogen-bond acceptors (Lipinski definition) is 3. The molecule has 0 radical (unpaired) electrons. The molecule has 1 aliphatic rings. The molecule has 1 fully saturated rings. The number of nitrogens with two attached hydrogens (primary N) is 1. The Balaban J connectivity index is 2.06. The van der Waals surface area contributed by atoms with Crippen molar-refractivity contribution in [2.24, 2.45) is 11.7 Å². The number of hydrogen-bond donors (Lipinski definition) is 1. The SMILES string of the molecule is COc1ccc(Cl)cc1CC(=O)N1CCC[C@@H]([C@@H](C)N)C1. The second-order valence-corrected chi connectivity index (χ2v) is 6.17. The van der Waals surface area contributed by atoms with Gasteiger partial charge in [-0.05, 0) is 43.9 Å². The van der Waals surface area contributed by atoms with Crippen LogP contribution in [0.5, 0.6) is 5.75 Å². The lowest BCUT2D eigenvalue weighted by atomic mass is 9.92. The van der Waals surface area contributed by atoms with E-state index in [1.807, 2.05) is 11.8 Å². The molecular formula is C16H23ClN2O2. The molecule has 21 heavy (non-hydrogen) atoms. The Morgan fingerprint density at radius 1 is 1.57 bits per heavy atom. The van der Waals surface area contributed by atoms with Gasteiger partial charge in [-0.1, -0.05) is 11.6 Å². The van der Waals surface area contributed by atoms with Gasteiger partial charge in [-0.3, -0.25) is 4.79 Å². The third kappa shape index (κ3) is 4.11. The number of halogens is 1. The monoisotopic (exact) mass is 310 g/mol. The fourth-order valence-electron chi connectivity index (χ4n) is 2.83. The maximum Gasteiger partial charge on any atom is 0.227 e. The molecule has 0 aromatic heterocycles.